The molecule has 0 radical (unpaired) electrons. The Morgan fingerprint density at radius 2 is 1.71 bits per heavy atom. The maximum Gasteiger partial charge on any atom is 0.418 e. The zero-order valence-corrected chi connectivity index (χ0v) is 12.5. The summed E-state index contributed by atoms with van der Waals surface area (Å²) in [4.78, 5) is 21.7. The van der Waals surface area contributed by atoms with Gasteiger partial charge < -0.3 is 10.6 Å². The van der Waals surface area contributed by atoms with Crippen molar-refractivity contribution in [3.63, 3.8) is 0 Å². The van der Waals surface area contributed by atoms with Crippen molar-refractivity contribution in [1.29, 1.82) is 0 Å². The zero-order chi connectivity index (χ0) is 17.9. The number of halogens is 4. The number of carbonyl (C=O) groups is 1. The summed E-state index contributed by atoms with van der Waals surface area (Å²) in [5.74, 6) is 0. The van der Waals surface area contributed by atoms with Crippen molar-refractivity contribution in [2.45, 2.75) is 6.18 Å². The molecule has 0 bridgehead atoms. The van der Waals surface area contributed by atoms with E-state index in [1.807, 2.05) is 0 Å². The van der Waals surface area contributed by atoms with Crippen molar-refractivity contribution in [2.24, 2.45) is 0 Å². The summed E-state index contributed by atoms with van der Waals surface area (Å²) < 4.78 is 38.8. The van der Waals surface area contributed by atoms with Crippen LogP contribution in [0, 0.1) is 10.1 Å². The first-order valence-corrected chi connectivity index (χ1v) is 6.74. The lowest BCUT2D eigenvalue weighted by atomic mass is 10.1. The first-order valence-electron chi connectivity index (χ1n) is 6.36. The average Bonchev–Trinajstić information content (AvgIpc) is 2.48. The summed E-state index contributed by atoms with van der Waals surface area (Å²) in [6, 6.07) is 6.81. The van der Waals surface area contributed by atoms with Crippen molar-refractivity contribution >= 4 is 34.7 Å². The molecule has 2 rings (SSSR count). The molecule has 10 heteroatoms. The minimum Gasteiger partial charge on any atom is -0.308 e. The van der Waals surface area contributed by atoms with Crippen LogP contribution in [0.5, 0.6) is 0 Å². The first-order chi connectivity index (χ1) is 11.2. The topological polar surface area (TPSA) is 84.3 Å². The van der Waals surface area contributed by atoms with Crippen molar-refractivity contribution in [3.05, 3.63) is 63.2 Å². The number of nitro benzene ring substituents is 1. The molecule has 2 aromatic rings. The van der Waals surface area contributed by atoms with Crippen LogP contribution in [0.25, 0.3) is 0 Å². The maximum absolute atomic E-state index is 12.9. The van der Waals surface area contributed by atoms with Gasteiger partial charge in [0.05, 0.1) is 16.2 Å². The second kappa shape index (κ2) is 6.75. The highest BCUT2D eigenvalue weighted by molar-refractivity contribution is 6.30. The number of non-ortho nitro benzene ring substituents is 1. The number of hydrogen-bond donors (Lipinski definition) is 2. The Morgan fingerprint density at radius 1 is 1.08 bits per heavy atom. The van der Waals surface area contributed by atoms with E-state index >= 15 is 0 Å². The van der Waals surface area contributed by atoms with Crippen molar-refractivity contribution < 1.29 is 22.9 Å². The van der Waals surface area contributed by atoms with Gasteiger partial charge >= 0.3 is 12.2 Å². The number of carbonyl (C=O) groups excluding carboxylic acids is 1. The van der Waals surface area contributed by atoms with E-state index in [2.05, 4.69) is 10.6 Å². The predicted octanol–water partition coefficient (Wildman–Crippen LogP) is 4.91. The molecule has 24 heavy (non-hydrogen) atoms. The number of amides is 2. The third-order valence-electron chi connectivity index (χ3n) is 2.87. The van der Waals surface area contributed by atoms with Crippen LogP contribution in [0.2, 0.25) is 5.02 Å². The maximum atomic E-state index is 12.9. The molecule has 2 N–H and O–H groups in total. The van der Waals surface area contributed by atoms with Gasteiger partial charge in [0.25, 0.3) is 5.69 Å². The van der Waals surface area contributed by atoms with Crippen LogP contribution in [0.4, 0.5) is 35.0 Å². The molecule has 0 heterocycles. The molecular formula is C14H9ClF3N3O3. The number of nitro groups is 1. The summed E-state index contributed by atoms with van der Waals surface area (Å²) in [5, 5.41) is 14.7. The lowest BCUT2D eigenvalue weighted by Crippen LogP contribution is -2.21. The van der Waals surface area contributed by atoms with E-state index in [0.717, 1.165) is 18.2 Å². The fourth-order valence-corrected chi connectivity index (χ4v) is 1.98. The average molecular weight is 360 g/mol. The molecule has 0 saturated carbocycles. The van der Waals surface area contributed by atoms with Crippen molar-refractivity contribution in [1.82, 2.24) is 0 Å². The molecule has 0 aliphatic carbocycles. The van der Waals surface area contributed by atoms with E-state index in [1.54, 1.807) is 0 Å². The van der Waals surface area contributed by atoms with Crippen LogP contribution < -0.4 is 10.6 Å². The Labute approximate surface area is 138 Å². The third-order valence-corrected chi connectivity index (χ3v) is 3.11. The van der Waals surface area contributed by atoms with E-state index in [4.69, 9.17) is 11.6 Å². The molecule has 2 amide bonds. The Kier molecular flexibility index (Phi) is 4.93. The van der Waals surface area contributed by atoms with Gasteiger partial charge in [-0.3, -0.25) is 10.1 Å². The molecule has 0 fully saturated rings. The summed E-state index contributed by atoms with van der Waals surface area (Å²) in [6.45, 7) is 0. The Hall–Kier alpha value is -2.81. The number of nitrogens with zero attached hydrogens (tertiary/aromatic N) is 1. The van der Waals surface area contributed by atoms with Crippen LogP contribution >= 0.6 is 11.6 Å². The molecule has 0 unspecified atom stereocenters. The molecule has 0 aliphatic heterocycles. The normalized spacial score (nSPS) is 11.0. The molecule has 0 aromatic heterocycles. The zero-order valence-electron chi connectivity index (χ0n) is 11.7. The fourth-order valence-electron chi connectivity index (χ4n) is 1.81. The lowest BCUT2D eigenvalue weighted by Gasteiger charge is -2.14. The van der Waals surface area contributed by atoms with Crippen LogP contribution in [-0.4, -0.2) is 11.0 Å². The summed E-state index contributed by atoms with van der Waals surface area (Å²) >= 11 is 5.55. The molecular weight excluding hydrogens is 351 g/mol. The molecule has 6 nitrogen and oxygen atoms in total. The van der Waals surface area contributed by atoms with E-state index in [1.165, 1.54) is 18.2 Å². The van der Waals surface area contributed by atoms with E-state index < -0.39 is 28.4 Å². The number of anilines is 2. The molecule has 0 saturated heterocycles. The summed E-state index contributed by atoms with van der Waals surface area (Å²) in [5.41, 5.74) is -1.56. The van der Waals surface area contributed by atoms with Gasteiger partial charge in [-0.2, -0.15) is 13.2 Å². The first kappa shape index (κ1) is 17.5. The highest BCUT2D eigenvalue weighted by Crippen LogP contribution is 2.36. The molecule has 2 aromatic carbocycles. The minimum absolute atomic E-state index is 0.122. The van der Waals surface area contributed by atoms with Gasteiger partial charge in [-0.1, -0.05) is 11.6 Å². The predicted molar refractivity (Wildman–Crippen MR) is 82.2 cm³/mol. The fraction of sp³-hybridized carbons (Fsp3) is 0.0714. The van der Waals surface area contributed by atoms with Gasteiger partial charge in [0.2, 0.25) is 0 Å². The van der Waals surface area contributed by atoms with Gasteiger partial charge in [-0.25, -0.2) is 4.79 Å². The number of benzene rings is 2. The highest BCUT2D eigenvalue weighted by atomic mass is 35.5. The van der Waals surface area contributed by atoms with Gasteiger partial charge in [0.1, 0.15) is 0 Å². The largest absolute Gasteiger partial charge is 0.418 e. The van der Waals surface area contributed by atoms with Gasteiger partial charge in [-0.05, 0) is 30.3 Å². The van der Waals surface area contributed by atoms with Gasteiger partial charge in [0.15, 0.2) is 0 Å². The minimum atomic E-state index is -4.69. The molecule has 0 aliphatic rings. The van der Waals surface area contributed by atoms with Gasteiger partial charge in [0, 0.05) is 22.8 Å². The molecule has 126 valence electrons. The summed E-state index contributed by atoms with van der Waals surface area (Å²) in [7, 11) is 0. The number of hydrogen-bond acceptors (Lipinski definition) is 3. The van der Waals surface area contributed by atoms with E-state index in [9.17, 15) is 28.1 Å². The SMILES string of the molecule is O=C(Nc1ccc([N+](=O)[O-])cc1)Nc1ccc(Cl)cc1C(F)(F)F. The van der Waals surface area contributed by atoms with Gasteiger partial charge in [-0.15, -0.1) is 0 Å². The molecule has 0 atom stereocenters. The second-order valence-electron chi connectivity index (χ2n) is 4.57. The van der Waals surface area contributed by atoms with E-state index in [0.29, 0.717) is 6.07 Å². The van der Waals surface area contributed by atoms with Crippen molar-refractivity contribution in [2.75, 3.05) is 10.6 Å². The third kappa shape index (κ3) is 4.35. The van der Waals surface area contributed by atoms with Crippen LogP contribution in [0.1, 0.15) is 5.56 Å². The number of nitrogens with one attached hydrogen (secondary N) is 2. The number of alkyl halides is 3. The highest BCUT2D eigenvalue weighted by Gasteiger charge is 2.34. The number of urea groups is 1. The van der Waals surface area contributed by atoms with E-state index in [-0.39, 0.29) is 16.4 Å². The lowest BCUT2D eigenvalue weighted by molar-refractivity contribution is -0.384. The Morgan fingerprint density at radius 3 is 2.25 bits per heavy atom. The van der Waals surface area contributed by atoms with Crippen LogP contribution in [-0.2, 0) is 6.18 Å². The smallest absolute Gasteiger partial charge is 0.308 e. The Bertz CT molecular complexity index is 779. The second-order valence-corrected chi connectivity index (χ2v) is 5.01. The van der Waals surface area contributed by atoms with Crippen LogP contribution in [0.3, 0.4) is 0 Å². The Balaban J connectivity index is 2.14. The van der Waals surface area contributed by atoms with Crippen molar-refractivity contribution in [3.8, 4) is 0 Å². The number of rotatable bonds is 3. The van der Waals surface area contributed by atoms with Crippen LogP contribution in [0.15, 0.2) is 42.5 Å². The molecule has 0 spiro atoms. The summed E-state index contributed by atoms with van der Waals surface area (Å²) in [6.07, 6.45) is -4.69. The monoisotopic (exact) mass is 359 g/mol. The quantitative estimate of drug-likeness (QED) is 0.603. The standard InChI is InChI=1S/C14H9ClF3N3O3/c15-8-1-6-12(11(7-8)14(16,17)18)20-13(22)19-9-2-4-10(5-3-9)21(23)24/h1-7H,(H2,19,20,22).